The van der Waals surface area contributed by atoms with Gasteiger partial charge in [0.05, 0.1) is 0 Å². The van der Waals surface area contributed by atoms with E-state index in [2.05, 4.69) is 5.32 Å². The molecule has 0 aromatic heterocycles. The zero-order valence-corrected chi connectivity index (χ0v) is 8.78. The van der Waals surface area contributed by atoms with Crippen molar-refractivity contribution >= 4 is 40.8 Å². The van der Waals surface area contributed by atoms with Gasteiger partial charge in [0.15, 0.2) is 6.23 Å². The molecule has 0 radical (unpaired) electrons. The summed E-state index contributed by atoms with van der Waals surface area (Å²) in [6.07, 6.45) is -1.52. The van der Waals surface area contributed by atoms with Gasteiger partial charge in [-0.05, 0) is 0 Å². The molecule has 0 aliphatic rings. The Kier molecular flexibility index (Phi) is 4.40. The molecular weight excluding hydrogens is 226 g/mol. The van der Waals surface area contributed by atoms with E-state index < -0.39 is 16.1 Å². The summed E-state index contributed by atoms with van der Waals surface area (Å²) in [5, 5.41) is 11.1. The molecule has 0 saturated heterocycles. The molecule has 12 heavy (non-hydrogen) atoms. The maximum absolute atomic E-state index is 10.9. The van der Waals surface area contributed by atoms with E-state index >= 15 is 0 Å². The van der Waals surface area contributed by atoms with Crippen LogP contribution in [0.5, 0.6) is 0 Å². The van der Waals surface area contributed by atoms with E-state index in [1.54, 1.807) is 0 Å². The number of aliphatic hydroxyl groups is 1. The number of hydrogen-bond acceptors (Lipinski definition) is 2. The Labute approximate surface area is 85.4 Å². The molecule has 0 fully saturated rings. The zero-order valence-electron chi connectivity index (χ0n) is 6.51. The zero-order chi connectivity index (χ0) is 9.94. The third-order valence-electron chi connectivity index (χ3n) is 0.976. The van der Waals surface area contributed by atoms with Gasteiger partial charge in [0.1, 0.15) is 0 Å². The fraction of sp³-hybridized carbons (Fsp3) is 0.800. The molecule has 0 aliphatic carbocycles. The Morgan fingerprint density at radius 1 is 1.50 bits per heavy atom. The van der Waals surface area contributed by atoms with E-state index in [1.807, 2.05) is 0 Å². The summed E-state index contributed by atoms with van der Waals surface area (Å²) in [5.74, 6) is 0. The maximum Gasteiger partial charge on any atom is 0.318 e. The topological polar surface area (TPSA) is 52.6 Å². The van der Waals surface area contributed by atoms with Gasteiger partial charge in [-0.1, -0.05) is 34.8 Å². The van der Waals surface area contributed by atoms with E-state index in [0.29, 0.717) is 0 Å². The van der Waals surface area contributed by atoms with Crippen LogP contribution in [0.4, 0.5) is 4.79 Å². The fourth-order valence-electron chi connectivity index (χ4n) is 0.328. The van der Waals surface area contributed by atoms with Crippen LogP contribution < -0.4 is 5.32 Å². The van der Waals surface area contributed by atoms with Crippen molar-refractivity contribution < 1.29 is 9.90 Å². The van der Waals surface area contributed by atoms with Crippen LogP contribution >= 0.6 is 34.8 Å². The molecule has 2 N–H and O–H groups in total. The summed E-state index contributed by atoms with van der Waals surface area (Å²) in [6, 6.07) is -0.533. The van der Waals surface area contributed by atoms with Crippen LogP contribution in [0, 0.1) is 0 Å². The SMILES string of the molecule is CN(C)C(=O)N[C@@H](O)C(Cl)(Cl)Cl. The molecule has 0 spiro atoms. The summed E-state index contributed by atoms with van der Waals surface area (Å²) in [6.45, 7) is 0. The first-order valence-corrected chi connectivity index (χ1v) is 4.11. The average molecular weight is 235 g/mol. The number of carbonyl (C=O) groups is 1. The van der Waals surface area contributed by atoms with Crippen molar-refractivity contribution in [2.75, 3.05) is 14.1 Å². The maximum atomic E-state index is 10.9. The van der Waals surface area contributed by atoms with Gasteiger partial charge in [0.2, 0.25) is 3.79 Å². The number of rotatable bonds is 1. The number of nitrogens with zero attached hydrogens (tertiary/aromatic N) is 1. The summed E-state index contributed by atoms with van der Waals surface area (Å²) in [7, 11) is 3.00. The molecular formula is C5H9Cl3N2O2. The van der Waals surface area contributed by atoms with Crippen LogP contribution in [0.15, 0.2) is 0 Å². The normalized spacial score (nSPS) is 13.8. The van der Waals surface area contributed by atoms with Gasteiger partial charge in [-0.3, -0.25) is 0 Å². The molecule has 1 atom stereocenters. The molecule has 2 amide bonds. The number of aliphatic hydroxyl groups excluding tert-OH is 1. The first kappa shape index (κ1) is 12.1. The van der Waals surface area contributed by atoms with Crippen molar-refractivity contribution in [1.82, 2.24) is 10.2 Å². The van der Waals surface area contributed by atoms with Crippen molar-refractivity contribution in [3.8, 4) is 0 Å². The predicted octanol–water partition coefficient (Wildman–Crippen LogP) is 0.946. The van der Waals surface area contributed by atoms with Gasteiger partial charge < -0.3 is 15.3 Å². The fourth-order valence-corrected chi connectivity index (χ4v) is 0.492. The highest BCUT2D eigenvalue weighted by atomic mass is 35.6. The number of hydrogen-bond donors (Lipinski definition) is 2. The Morgan fingerprint density at radius 3 is 2.17 bits per heavy atom. The summed E-state index contributed by atoms with van der Waals surface area (Å²) >= 11 is 15.8. The van der Waals surface area contributed by atoms with Gasteiger partial charge in [0.25, 0.3) is 0 Å². The molecule has 0 unspecified atom stereocenters. The number of alkyl halides is 3. The van der Waals surface area contributed by atoms with Crippen LogP contribution in [-0.4, -0.2) is 40.2 Å². The molecule has 0 bridgehead atoms. The number of carbonyl (C=O) groups excluding carboxylic acids is 1. The molecule has 0 aliphatic heterocycles. The van der Waals surface area contributed by atoms with E-state index in [4.69, 9.17) is 39.9 Å². The van der Waals surface area contributed by atoms with E-state index in [1.165, 1.54) is 19.0 Å². The molecule has 0 heterocycles. The van der Waals surface area contributed by atoms with E-state index in [9.17, 15) is 4.79 Å². The highest BCUT2D eigenvalue weighted by Gasteiger charge is 2.32. The van der Waals surface area contributed by atoms with Gasteiger partial charge in [-0.25, -0.2) is 4.79 Å². The Hall–Kier alpha value is 0.1000. The number of urea groups is 1. The minimum Gasteiger partial charge on any atom is -0.369 e. The van der Waals surface area contributed by atoms with Crippen molar-refractivity contribution in [3.63, 3.8) is 0 Å². The van der Waals surface area contributed by atoms with Crippen LogP contribution in [0.3, 0.4) is 0 Å². The molecule has 0 aromatic rings. The average Bonchev–Trinajstić information content (AvgIpc) is 1.85. The monoisotopic (exact) mass is 234 g/mol. The largest absolute Gasteiger partial charge is 0.369 e. The summed E-state index contributed by atoms with van der Waals surface area (Å²) in [5.41, 5.74) is 0. The van der Waals surface area contributed by atoms with E-state index in [0.717, 1.165) is 0 Å². The second-order valence-electron chi connectivity index (χ2n) is 2.29. The molecule has 4 nitrogen and oxygen atoms in total. The minimum absolute atomic E-state index is 0.533. The quantitative estimate of drug-likeness (QED) is 0.525. The third-order valence-corrected chi connectivity index (χ3v) is 1.60. The Morgan fingerprint density at radius 2 is 1.92 bits per heavy atom. The van der Waals surface area contributed by atoms with Crippen LogP contribution in [0.2, 0.25) is 0 Å². The Balaban J connectivity index is 4.02. The van der Waals surface area contributed by atoms with E-state index in [-0.39, 0.29) is 0 Å². The van der Waals surface area contributed by atoms with Crippen molar-refractivity contribution in [2.45, 2.75) is 10.0 Å². The molecule has 0 saturated carbocycles. The lowest BCUT2D eigenvalue weighted by atomic mass is 10.6. The molecule has 0 rings (SSSR count). The first-order valence-electron chi connectivity index (χ1n) is 2.97. The third kappa shape index (κ3) is 4.21. The molecule has 72 valence electrons. The summed E-state index contributed by atoms with van der Waals surface area (Å²) in [4.78, 5) is 12.1. The summed E-state index contributed by atoms with van der Waals surface area (Å²) < 4.78 is -1.91. The van der Waals surface area contributed by atoms with Gasteiger partial charge in [0, 0.05) is 14.1 Å². The van der Waals surface area contributed by atoms with Crippen LogP contribution in [-0.2, 0) is 0 Å². The predicted molar refractivity (Wildman–Crippen MR) is 48.5 cm³/mol. The van der Waals surface area contributed by atoms with Gasteiger partial charge >= 0.3 is 6.03 Å². The number of amides is 2. The molecule has 7 heteroatoms. The van der Waals surface area contributed by atoms with Crippen molar-refractivity contribution in [2.24, 2.45) is 0 Å². The highest BCUT2D eigenvalue weighted by Crippen LogP contribution is 2.28. The highest BCUT2D eigenvalue weighted by molar-refractivity contribution is 6.68. The van der Waals surface area contributed by atoms with Crippen molar-refractivity contribution in [1.29, 1.82) is 0 Å². The number of nitrogens with one attached hydrogen (secondary N) is 1. The van der Waals surface area contributed by atoms with Gasteiger partial charge in [-0.15, -0.1) is 0 Å². The standard InChI is InChI=1S/C5H9Cl3N2O2/c1-10(2)4(12)9-3(11)5(6,7)8/h3,11H,1-2H3,(H,9,12)/t3-/m0/s1. The van der Waals surface area contributed by atoms with Crippen molar-refractivity contribution in [3.05, 3.63) is 0 Å². The second kappa shape index (κ2) is 4.37. The number of halogens is 3. The Bertz CT molecular complexity index is 169. The lowest BCUT2D eigenvalue weighted by molar-refractivity contribution is 0.135. The first-order chi connectivity index (χ1) is 5.25. The van der Waals surface area contributed by atoms with Crippen LogP contribution in [0.1, 0.15) is 0 Å². The lowest BCUT2D eigenvalue weighted by Crippen LogP contribution is -2.47. The second-order valence-corrected chi connectivity index (χ2v) is 4.66. The van der Waals surface area contributed by atoms with Gasteiger partial charge in [-0.2, -0.15) is 0 Å². The van der Waals surface area contributed by atoms with Crippen LogP contribution in [0.25, 0.3) is 0 Å². The smallest absolute Gasteiger partial charge is 0.318 e. The lowest BCUT2D eigenvalue weighted by Gasteiger charge is -2.21. The molecule has 0 aromatic carbocycles. The minimum atomic E-state index is -1.91.